The summed E-state index contributed by atoms with van der Waals surface area (Å²) in [5.41, 5.74) is 0. The molecule has 0 saturated carbocycles. The summed E-state index contributed by atoms with van der Waals surface area (Å²) in [5, 5.41) is 0. The smallest absolute Gasteiger partial charge is 0.160 e. The molecule has 0 saturated heterocycles. The minimum Gasteiger partial charge on any atom is -0.377 e. The fraction of sp³-hybridized carbons (Fsp3) is 0.500. The fourth-order valence-corrected chi connectivity index (χ4v) is 0.912. The molecule has 3 heteroatoms. The van der Waals surface area contributed by atoms with Crippen LogP contribution in [-0.4, -0.2) is 32.7 Å². The van der Waals surface area contributed by atoms with Gasteiger partial charge in [0.2, 0.25) is 0 Å². The first-order chi connectivity index (χ1) is 7.35. The first kappa shape index (κ1) is 14.1. The van der Waals surface area contributed by atoms with Gasteiger partial charge in [0.25, 0.3) is 0 Å². The van der Waals surface area contributed by atoms with Crippen LogP contribution in [0.4, 0.5) is 0 Å². The van der Waals surface area contributed by atoms with Crippen molar-refractivity contribution < 1.29 is 14.2 Å². The molecule has 0 amide bonds. The Bertz CT molecular complexity index is 166. The molecule has 0 atom stereocenters. The van der Waals surface area contributed by atoms with Gasteiger partial charge in [-0.15, -0.1) is 19.7 Å². The van der Waals surface area contributed by atoms with Gasteiger partial charge in [0.1, 0.15) is 0 Å². The molecule has 0 spiro atoms. The minimum atomic E-state index is -0.259. The van der Waals surface area contributed by atoms with Crippen LogP contribution in [0.2, 0.25) is 0 Å². The van der Waals surface area contributed by atoms with Gasteiger partial charge >= 0.3 is 0 Å². The highest BCUT2D eigenvalue weighted by molar-refractivity contribution is 4.67. The largest absolute Gasteiger partial charge is 0.377 e. The first-order valence-corrected chi connectivity index (χ1v) is 4.98. The van der Waals surface area contributed by atoms with Crippen molar-refractivity contribution in [3.63, 3.8) is 0 Å². The third kappa shape index (κ3) is 9.41. The van der Waals surface area contributed by atoms with Crippen LogP contribution < -0.4 is 0 Å². The maximum Gasteiger partial charge on any atom is 0.160 e. The van der Waals surface area contributed by atoms with Crippen LogP contribution in [0, 0.1) is 0 Å². The molecule has 0 fully saturated rings. The summed E-state index contributed by atoms with van der Waals surface area (Å²) >= 11 is 0. The van der Waals surface area contributed by atoms with Crippen LogP contribution in [0.15, 0.2) is 38.0 Å². The van der Waals surface area contributed by atoms with Crippen molar-refractivity contribution >= 4 is 0 Å². The molecule has 0 heterocycles. The molecule has 0 aliphatic carbocycles. The van der Waals surface area contributed by atoms with Crippen molar-refractivity contribution in [3.05, 3.63) is 38.0 Å². The van der Waals surface area contributed by atoms with Crippen LogP contribution in [-0.2, 0) is 14.2 Å². The average Bonchev–Trinajstić information content (AvgIpc) is 2.27. The highest BCUT2D eigenvalue weighted by Crippen LogP contribution is 2.02. The van der Waals surface area contributed by atoms with Crippen LogP contribution in [0.1, 0.15) is 6.42 Å². The Kier molecular flexibility index (Phi) is 10.5. The van der Waals surface area contributed by atoms with Gasteiger partial charge in [-0.2, -0.15) is 0 Å². The summed E-state index contributed by atoms with van der Waals surface area (Å²) in [7, 11) is 0. The van der Waals surface area contributed by atoms with Crippen molar-refractivity contribution in [2.45, 2.75) is 12.7 Å². The SMILES string of the molecule is C=CCOCCC(OCC=C)OCC=C. The van der Waals surface area contributed by atoms with E-state index in [1.807, 2.05) is 0 Å². The van der Waals surface area contributed by atoms with Gasteiger partial charge < -0.3 is 14.2 Å². The normalized spacial score (nSPS) is 10.2. The summed E-state index contributed by atoms with van der Waals surface area (Å²) < 4.78 is 16.0. The third-order valence-corrected chi connectivity index (χ3v) is 1.53. The van der Waals surface area contributed by atoms with Crippen LogP contribution in [0.25, 0.3) is 0 Å². The van der Waals surface area contributed by atoms with Crippen molar-refractivity contribution in [2.24, 2.45) is 0 Å². The molecule has 0 radical (unpaired) electrons. The third-order valence-electron chi connectivity index (χ3n) is 1.53. The average molecular weight is 212 g/mol. The topological polar surface area (TPSA) is 27.7 Å². The quantitative estimate of drug-likeness (QED) is 0.299. The van der Waals surface area contributed by atoms with E-state index in [9.17, 15) is 0 Å². The fourth-order valence-electron chi connectivity index (χ4n) is 0.912. The van der Waals surface area contributed by atoms with E-state index in [-0.39, 0.29) is 6.29 Å². The lowest BCUT2D eigenvalue weighted by molar-refractivity contribution is -0.137. The van der Waals surface area contributed by atoms with E-state index in [2.05, 4.69) is 19.7 Å². The molecule has 0 aromatic heterocycles. The van der Waals surface area contributed by atoms with Crippen molar-refractivity contribution in [2.75, 3.05) is 26.4 Å². The molecule has 86 valence electrons. The zero-order valence-corrected chi connectivity index (χ0v) is 9.19. The zero-order chi connectivity index (χ0) is 11.4. The number of hydrogen-bond acceptors (Lipinski definition) is 3. The van der Waals surface area contributed by atoms with Gasteiger partial charge in [0, 0.05) is 6.42 Å². The van der Waals surface area contributed by atoms with Gasteiger partial charge in [0.15, 0.2) is 6.29 Å². The Morgan fingerprint density at radius 3 is 1.87 bits per heavy atom. The summed E-state index contributed by atoms with van der Waals surface area (Å²) in [5.74, 6) is 0. The van der Waals surface area contributed by atoms with Gasteiger partial charge in [-0.1, -0.05) is 18.2 Å². The molecule has 0 bridgehead atoms. The van der Waals surface area contributed by atoms with E-state index < -0.39 is 0 Å². The minimum absolute atomic E-state index is 0.259. The predicted octanol–water partition coefficient (Wildman–Crippen LogP) is 2.31. The van der Waals surface area contributed by atoms with E-state index in [1.54, 1.807) is 18.2 Å². The van der Waals surface area contributed by atoms with Crippen LogP contribution in [0.5, 0.6) is 0 Å². The van der Waals surface area contributed by atoms with Gasteiger partial charge in [0.05, 0.1) is 26.4 Å². The molecule has 15 heavy (non-hydrogen) atoms. The Morgan fingerprint density at radius 2 is 1.40 bits per heavy atom. The maximum atomic E-state index is 5.38. The molecular formula is C12H20O3. The van der Waals surface area contributed by atoms with E-state index >= 15 is 0 Å². The Morgan fingerprint density at radius 1 is 0.867 bits per heavy atom. The second-order valence-electron chi connectivity index (χ2n) is 2.83. The second-order valence-corrected chi connectivity index (χ2v) is 2.83. The molecule has 3 nitrogen and oxygen atoms in total. The van der Waals surface area contributed by atoms with E-state index in [1.165, 1.54) is 0 Å². The summed E-state index contributed by atoms with van der Waals surface area (Å²) in [6.45, 7) is 12.8. The Labute approximate surface area is 92.0 Å². The summed E-state index contributed by atoms with van der Waals surface area (Å²) in [6, 6.07) is 0. The van der Waals surface area contributed by atoms with E-state index in [0.29, 0.717) is 32.8 Å². The van der Waals surface area contributed by atoms with Crippen LogP contribution in [0.3, 0.4) is 0 Å². The van der Waals surface area contributed by atoms with Crippen molar-refractivity contribution in [1.82, 2.24) is 0 Å². The maximum absolute atomic E-state index is 5.38. The lowest BCUT2D eigenvalue weighted by Gasteiger charge is -2.16. The molecule has 0 aromatic rings. The number of rotatable bonds is 11. The van der Waals surface area contributed by atoms with E-state index in [0.717, 1.165) is 0 Å². The standard InChI is InChI=1S/C12H20O3/c1-4-8-13-11-7-12(14-9-5-2)15-10-6-3/h4-6,12H,1-3,7-11H2. The lowest BCUT2D eigenvalue weighted by atomic mass is 10.4. The number of hydrogen-bond donors (Lipinski definition) is 0. The van der Waals surface area contributed by atoms with Crippen molar-refractivity contribution in [3.8, 4) is 0 Å². The number of ether oxygens (including phenoxy) is 3. The summed E-state index contributed by atoms with van der Waals surface area (Å²) in [6.07, 6.45) is 5.52. The van der Waals surface area contributed by atoms with Gasteiger partial charge in [-0.3, -0.25) is 0 Å². The lowest BCUT2D eigenvalue weighted by Crippen LogP contribution is -2.20. The molecular weight excluding hydrogens is 192 g/mol. The second kappa shape index (κ2) is 11.2. The first-order valence-electron chi connectivity index (χ1n) is 4.98. The molecule has 0 rings (SSSR count). The molecule has 0 aliphatic heterocycles. The van der Waals surface area contributed by atoms with Gasteiger partial charge in [-0.25, -0.2) is 0 Å². The molecule has 0 unspecified atom stereocenters. The molecule has 0 aromatic carbocycles. The van der Waals surface area contributed by atoms with Crippen molar-refractivity contribution in [1.29, 1.82) is 0 Å². The Balaban J connectivity index is 3.62. The monoisotopic (exact) mass is 212 g/mol. The highest BCUT2D eigenvalue weighted by Gasteiger charge is 2.07. The predicted molar refractivity (Wildman–Crippen MR) is 61.7 cm³/mol. The molecule has 0 N–H and O–H groups in total. The molecule has 0 aliphatic rings. The zero-order valence-electron chi connectivity index (χ0n) is 9.19. The van der Waals surface area contributed by atoms with Crippen LogP contribution >= 0.6 is 0 Å². The van der Waals surface area contributed by atoms with Gasteiger partial charge in [-0.05, 0) is 0 Å². The summed E-state index contributed by atoms with van der Waals surface area (Å²) in [4.78, 5) is 0. The van der Waals surface area contributed by atoms with E-state index in [4.69, 9.17) is 14.2 Å². The highest BCUT2D eigenvalue weighted by atomic mass is 16.7. The Hall–Kier alpha value is -0.900.